The molecule has 2 rings (SSSR count). The normalized spacial score (nSPS) is 10.6. The monoisotopic (exact) mass is 379 g/mol. The zero-order valence-corrected chi connectivity index (χ0v) is 15.2. The number of amides is 2. The lowest BCUT2D eigenvalue weighted by Crippen LogP contribution is -2.34. The van der Waals surface area contributed by atoms with E-state index in [1.54, 1.807) is 6.07 Å². The third kappa shape index (κ3) is 5.87. The highest BCUT2D eigenvalue weighted by atomic mass is 19.1. The SMILES string of the molecule is COCCNC(=O)c1coc(CN(CCOC)C(=O)c2ccccc2F)n1. The fourth-order valence-corrected chi connectivity index (χ4v) is 2.27. The highest BCUT2D eigenvalue weighted by molar-refractivity contribution is 5.94. The molecule has 1 heterocycles. The smallest absolute Gasteiger partial charge is 0.273 e. The first-order chi connectivity index (χ1) is 13.1. The summed E-state index contributed by atoms with van der Waals surface area (Å²) >= 11 is 0. The van der Waals surface area contributed by atoms with E-state index in [0.717, 1.165) is 0 Å². The standard InChI is InChI=1S/C18H22FN3O5/c1-25-9-7-20-17(23)15-12-27-16(21-15)11-22(8-10-26-2)18(24)13-5-3-4-6-14(13)19/h3-6,12H,7-11H2,1-2H3,(H,20,23). The molecule has 0 spiro atoms. The van der Waals surface area contributed by atoms with Crippen LogP contribution < -0.4 is 5.32 Å². The Morgan fingerprint density at radius 3 is 2.67 bits per heavy atom. The number of aromatic nitrogens is 1. The fourth-order valence-electron chi connectivity index (χ4n) is 2.27. The van der Waals surface area contributed by atoms with Crippen molar-refractivity contribution in [2.75, 3.05) is 40.5 Å². The van der Waals surface area contributed by atoms with Crippen LogP contribution in [0.4, 0.5) is 4.39 Å². The molecule has 0 saturated heterocycles. The molecule has 27 heavy (non-hydrogen) atoms. The number of carbonyl (C=O) groups is 2. The molecule has 1 N–H and O–H groups in total. The van der Waals surface area contributed by atoms with E-state index in [1.807, 2.05) is 0 Å². The molecule has 146 valence electrons. The number of hydrogen-bond donors (Lipinski definition) is 1. The van der Waals surface area contributed by atoms with Crippen LogP contribution in [0.2, 0.25) is 0 Å². The molecule has 2 amide bonds. The molecule has 0 radical (unpaired) electrons. The molecule has 0 atom stereocenters. The maximum absolute atomic E-state index is 13.9. The Morgan fingerprint density at radius 2 is 1.96 bits per heavy atom. The highest BCUT2D eigenvalue weighted by Crippen LogP contribution is 2.13. The highest BCUT2D eigenvalue weighted by Gasteiger charge is 2.22. The second-order valence-corrected chi connectivity index (χ2v) is 5.57. The van der Waals surface area contributed by atoms with Crippen LogP contribution in [0.25, 0.3) is 0 Å². The minimum Gasteiger partial charge on any atom is -0.446 e. The van der Waals surface area contributed by atoms with E-state index in [4.69, 9.17) is 13.9 Å². The summed E-state index contributed by atoms with van der Waals surface area (Å²) in [6.45, 7) is 1.15. The van der Waals surface area contributed by atoms with E-state index in [0.29, 0.717) is 13.2 Å². The third-order valence-corrected chi connectivity index (χ3v) is 3.66. The fraction of sp³-hybridized carbons (Fsp3) is 0.389. The van der Waals surface area contributed by atoms with E-state index >= 15 is 0 Å². The van der Waals surface area contributed by atoms with Crippen LogP contribution in [0.15, 0.2) is 34.9 Å². The summed E-state index contributed by atoms with van der Waals surface area (Å²) in [5, 5.41) is 2.62. The lowest BCUT2D eigenvalue weighted by Gasteiger charge is -2.21. The summed E-state index contributed by atoms with van der Waals surface area (Å²) in [6.07, 6.45) is 1.21. The Kier molecular flexibility index (Phi) is 7.90. The lowest BCUT2D eigenvalue weighted by molar-refractivity contribution is 0.0658. The molecule has 0 aliphatic rings. The van der Waals surface area contributed by atoms with Gasteiger partial charge in [0, 0.05) is 27.3 Å². The van der Waals surface area contributed by atoms with E-state index in [2.05, 4.69) is 10.3 Å². The molecule has 0 fully saturated rings. The number of hydrogen-bond acceptors (Lipinski definition) is 6. The van der Waals surface area contributed by atoms with Gasteiger partial charge in [0.1, 0.15) is 12.1 Å². The van der Waals surface area contributed by atoms with Gasteiger partial charge in [0.25, 0.3) is 11.8 Å². The molecular weight excluding hydrogens is 357 g/mol. The number of nitrogens with one attached hydrogen (secondary N) is 1. The predicted molar refractivity (Wildman–Crippen MR) is 93.7 cm³/mol. The van der Waals surface area contributed by atoms with Gasteiger partial charge in [-0.1, -0.05) is 12.1 Å². The van der Waals surface area contributed by atoms with Gasteiger partial charge in [0.05, 0.1) is 25.3 Å². The van der Waals surface area contributed by atoms with E-state index in [1.165, 1.54) is 43.6 Å². The number of ether oxygens (including phenoxy) is 2. The van der Waals surface area contributed by atoms with Crippen molar-refractivity contribution in [3.63, 3.8) is 0 Å². The molecule has 9 heteroatoms. The summed E-state index contributed by atoms with van der Waals surface area (Å²) < 4.78 is 29.1. The van der Waals surface area contributed by atoms with E-state index < -0.39 is 17.6 Å². The number of benzene rings is 1. The van der Waals surface area contributed by atoms with Crippen molar-refractivity contribution in [2.45, 2.75) is 6.54 Å². The zero-order chi connectivity index (χ0) is 19.6. The Morgan fingerprint density at radius 1 is 1.22 bits per heavy atom. The molecule has 0 saturated carbocycles. The van der Waals surface area contributed by atoms with Crippen LogP contribution >= 0.6 is 0 Å². The first-order valence-electron chi connectivity index (χ1n) is 8.31. The van der Waals surface area contributed by atoms with Gasteiger partial charge in [-0.3, -0.25) is 9.59 Å². The number of halogens is 1. The molecule has 1 aromatic carbocycles. The Balaban J connectivity index is 2.09. The maximum Gasteiger partial charge on any atom is 0.273 e. The first-order valence-corrected chi connectivity index (χ1v) is 8.31. The second-order valence-electron chi connectivity index (χ2n) is 5.57. The number of carbonyl (C=O) groups excluding carboxylic acids is 2. The Hall–Kier alpha value is -2.78. The van der Waals surface area contributed by atoms with Crippen molar-refractivity contribution in [3.8, 4) is 0 Å². The summed E-state index contributed by atoms with van der Waals surface area (Å²) in [4.78, 5) is 30.0. The topological polar surface area (TPSA) is 93.9 Å². The summed E-state index contributed by atoms with van der Waals surface area (Å²) in [6, 6.07) is 5.71. The van der Waals surface area contributed by atoms with Gasteiger partial charge < -0.3 is 24.1 Å². The van der Waals surface area contributed by atoms with Gasteiger partial charge in [-0.15, -0.1) is 0 Å². The maximum atomic E-state index is 13.9. The van der Waals surface area contributed by atoms with Crippen LogP contribution in [0.1, 0.15) is 26.7 Å². The second kappa shape index (κ2) is 10.4. The van der Waals surface area contributed by atoms with Crippen LogP contribution in [-0.4, -0.2) is 62.2 Å². The van der Waals surface area contributed by atoms with Crippen molar-refractivity contribution in [2.24, 2.45) is 0 Å². The van der Waals surface area contributed by atoms with Crippen molar-refractivity contribution in [1.82, 2.24) is 15.2 Å². The van der Waals surface area contributed by atoms with Crippen LogP contribution in [0, 0.1) is 5.82 Å². The van der Waals surface area contributed by atoms with Gasteiger partial charge in [-0.2, -0.15) is 0 Å². The number of rotatable bonds is 10. The number of methoxy groups -OCH3 is 2. The summed E-state index contributed by atoms with van der Waals surface area (Å²) in [5.74, 6) is -1.39. The summed E-state index contributed by atoms with van der Waals surface area (Å²) in [5.41, 5.74) is 0.0313. The first kappa shape index (κ1) is 20.5. The van der Waals surface area contributed by atoms with Crippen molar-refractivity contribution in [3.05, 3.63) is 53.5 Å². The zero-order valence-electron chi connectivity index (χ0n) is 15.2. The molecule has 2 aromatic rings. The largest absolute Gasteiger partial charge is 0.446 e. The Bertz CT molecular complexity index is 765. The average molecular weight is 379 g/mol. The van der Waals surface area contributed by atoms with Crippen LogP contribution in [-0.2, 0) is 16.0 Å². The average Bonchev–Trinajstić information content (AvgIpc) is 3.14. The van der Waals surface area contributed by atoms with Crippen LogP contribution in [0.3, 0.4) is 0 Å². The van der Waals surface area contributed by atoms with Crippen LogP contribution in [0.5, 0.6) is 0 Å². The minimum atomic E-state index is -0.615. The van der Waals surface area contributed by atoms with Crippen molar-refractivity contribution in [1.29, 1.82) is 0 Å². The van der Waals surface area contributed by atoms with Crippen molar-refractivity contribution >= 4 is 11.8 Å². The van der Waals surface area contributed by atoms with Gasteiger partial charge in [-0.05, 0) is 12.1 Å². The minimum absolute atomic E-state index is 0.0259. The predicted octanol–water partition coefficient (Wildman–Crippen LogP) is 1.48. The van der Waals surface area contributed by atoms with Gasteiger partial charge in [0.15, 0.2) is 5.69 Å². The molecule has 0 bridgehead atoms. The molecule has 0 aliphatic heterocycles. The van der Waals surface area contributed by atoms with Gasteiger partial charge in [-0.25, -0.2) is 9.37 Å². The number of oxazole rings is 1. The third-order valence-electron chi connectivity index (χ3n) is 3.66. The Labute approximate surface area is 156 Å². The summed E-state index contributed by atoms with van der Waals surface area (Å²) in [7, 11) is 3.03. The van der Waals surface area contributed by atoms with E-state index in [9.17, 15) is 14.0 Å². The van der Waals surface area contributed by atoms with Crippen molar-refractivity contribution < 1.29 is 27.9 Å². The van der Waals surface area contributed by atoms with Gasteiger partial charge in [0.2, 0.25) is 5.89 Å². The quantitative estimate of drug-likeness (QED) is 0.629. The van der Waals surface area contributed by atoms with E-state index in [-0.39, 0.29) is 36.8 Å². The van der Waals surface area contributed by atoms with Gasteiger partial charge >= 0.3 is 0 Å². The molecular formula is C18H22FN3O5. The number of nitrogens with zero attached hydrogens (tertiary/aromatic N) is 2. The molecule has 0 unspecified atom stereocenters. The molecule has 0 aliphatic carbocycles. The molecule has 8 nitrogen and oxygen atoms in total. The molecule has 1 aromatic heterocycles. The lowest BCUT2D eigenvalue weighted by atomic mass is 10.2.